The maximum atomic E-state index is 13.6. The Morgan fingerprint density at radius 1 is 1.15 bits per heavy atom. The molecule has 0 bridgehead atoms. The zero-order valence-electron chi connectivity index (χ0n) is 15.1. The van der Waals surface area contributed by atoms with Gasteiger partial charge in [-0.15, -0.1) is 0 Å². The Labute approximate surface area is 157 Å². The maximum absolute atomic E-state index is 13.6. The van der Waals surface area contributed by atoms with Gasteiger partial charge in [-0.2, -0.15) is 0 Å². The number of pyridine rings is 1. The van der Waals surface area contributed by atoms with E-state index in [-0.39, 0.29) is 18.3 Å². The average Bonchev–Trinajstić information content (AvgIpc) is 2.68. The third kappa shape index (κ3) is 4.61. The summed E-state index contributed by atoms with van der Waals surface area (Å²) in [5, 5.41) is 5.87. The molecule has 0 fully saturated rings. The van der Waals surface area contributed by atoms with E-state index in [1.165, 1.54) is 12.3 Å². The molecule has 0 spiro atoms. The summed E-state index contributed by atoms with van der Waals surface area (Å²) < 4.78 is 18.9. The van der Waals surface area contributed by atoms with Crippen molar-refractivity contribution >= 4 is 17.4 Å². The van der Waals surface area contributed by atoms with Crippen LogP contribution in [0.2, 0.25) is 0 Å². The Morgan fingerprint density at radius 3 is 2.67 bits per heavy atom. The molecule has 0 saturated carbocycles. The van der Waals surface area contributed by atoms with Crippen molar-refractivity contribution in [3.05, 3.63) is 83.3 Å². The molecule has 0 aliphatic heterocycles. The van der Waals surface area contributed by atoms with E-state index in [2.05, 4.69) is 15.6 Å². The van der Waals surface area contributed by atoms with Crippen molar-refractivity contribution in [1.82, 2.24) is 10.3 Å². The molecule has 2 aromatic carbocycles. The van der Waals surface area contributed by atoms with Crippen LogP contribution in [0.1, 0.15) is 21.5 Å². The van der Waals surface area contributed by atoms with E-state index in [1.807, 2.05) is 25.1 Å². The highest BCUT2D eigenvalue weighted by Gasteiger charge is 2.09. The lowest BCUT2D eigenvalue weighted by molar-refractivity contribution is 0.0950. The fourth-order valence-corrected chi connectivity index (χ4v) is 2.58. The number of ether oxygens (including phenoxy) is 1. The van der Waals surface area contributed by atoms with Gasteiger partial charge in [0.1, 0.15) is 17.4 Å². The molecule has 2 N–H and O–H groups in total. The van der Waals surface area contributed by atoms with Gasteiger partial charge in [0.2, 0.25) is 0 Å². The van der Waals surface area contributed by atoms with Crippen molar-refractivity contribution in [2.75, 3.05) is 12.4 Å². The summed E-state index contributed by atoms with van der Waals surface area (Å²) in [5.41, 5.74) is 2.71. The van der Waals surface area contributed by atoms with Gasteiger partial charge in [-0.05, 0) is 42.8 Å². The quantitative estimate of drug-likeness (QED) is 0.687. The Hall–Kier alpha value is -3.41. The number of methoxy groups -OCH3 is 1. The molecule has 0 saturated heterocycles. The lowest BCUT2D eigenvalue weighted by atomic mass is 10.2. The predicted octanol–water partition coefficient (Wildman–Crippen LogP) is 4.21. The van der Waals surface area contributed by atoms with E-state index in [0.717, 1.165) is 11.3 Å². The molecule has 138 valence electrons. The Morgan fingerprint density at radius 2 is 1.96 bits per heavy atom. The summed E-state index contributed by atoms with van der Waals surface area (Å²) in [6.45, 7) is 2.10. The average molecular weight is 365 g/mol. The van der Waals surface area contributed by atoms with Gasteiger partial charge in [0.15, 0.2) is 0 Å². The van der Waals surface area contributed by atoms with Crippen LogP contribution in [0.5, 0.6) is 5.75 Å². The summed E-state index contributed by atoms with van der Waals surface area (Å²) in [7, 11) is 1.60. The third-order valence-corrected chi connectivity index (χ3v) is 4.04. The molecule has 1 heterocycles. The minimum atomic E-state index is -0.345. The topological polar surface area (TPSA) is 63.2 Å². The fourth-order valence-electron chi connectivity index (χ4n) is 2.58. The third-order valence-electron chi connectivity index (χ3n) is 4.04. The number of hydrogen-bond acceptors (Lipinski definition) is 4. The van der Waals surface area contributed by atoms with E-state index in [0.29, 0.717) is 22.7 Å². The molecule has 0 radical (unpaired) electrons. The first-order valence-electron chi connectivity index (χ1n) is 8.46. The normalized spacial score (nSPS) is 10.3. The summed E-state index contributed by atoms with van der Waals surface area (Å²) >= 11 is 0. The first-order valence-corrected chi connectivity index (χ1v) is 8.46. The fraction of sp³-hybridized carbons (Fsp3) is 0.143. The molecule has 5 nitrogen and oxygen atoms in total. The molecule has 1 amide bonds. The van der Waals surface area contributed by atoms with Gasteiger partial charge in [0, 0.05) is 18.3 Å². The molecule has 3 aromatic rings. The minimum Gasteiger partial charge on any atom is -0.495 e. The van der Waals surface area contributed by atoms with Crippen LogP contribution in [0.4, 0.5) is 15.9 Å². The smallest absolute Gasteiger partial charge is 0.253 e. The minimum absolute atomic E-state index is 0.117. The first-order chi connectivity index (χ1) is 13.1. The summed E-state index contributed by atoms with van der Waals surface area (Å²) in [6.07, 6.45) is 1.47. The highest BCUT2D eigenvalue weighted by Crippen LogP contribution is 2.27. The zero-order valence-corrected chi connectivity index (χ0v) is 15.1. The van der Waals surface area contributed by atoms with Gasteiger partial charge in [-0.25, -0.2) is 9.37 Å². The number of aryl methyl sites for hydroxylation is 1. The molecule has 0 atom stereocenters. The first kappa shape index (κ1) is 18.4. The Kier molecular flexibility index (Phi) is 5.66. The number of nitrogens with zero attached hydrogens (tertiary/aromatic N) is 1. The number of anilines is 2. The van der Waals surface area contributed by atoms with E-state index >= 15 is 0 Å². The maximum Gasteiger partial charge on any atom is 0.253 e. The van der Waals surface area contributed by atoms with Crippen molar-refractivity contribution < 1.29 is 13.9 Å². The Bertz CT molecular complexity index is 942. The summed E-state index contributed by atoms with van der Waals surface area (Å²) in [4.78, 5) is 16.5. The van der Waals surface area contributed by atoms with Gasteiger partial charge in [0.05, 0.1) is 18.4 Å². The van der Waals surface area contributed by atoms with Crippen LogP contribution < -0.4 is 15.4 Å². The van der Waals surface area contributed by atoms with Crippen LogP contribution in [0.3, 0.4) is 0 Å². The highest BCUT2D eigenvalue weighted by atomic mass is 19.1. The number of hydrogen-bond donors (Lipinski definition) is 2. The monoisotopic (exact) mass is 365 g/mol. The zero-order chi connectivity index (χ0) is 19.2. The number of rotatable bonds is 6. The molecule has 1 aromatic heterocycles. The Balaban J connectivity index is 1.65. The van der Waals surface area contributed by atoms with Crippen molar-refractivity contribution in [3.63, 3.8) is 0 Å². The van der Waals surface area contributed by atoms with Crippen LogP contribution in [0.15, 0.2) is 60.8 Å². The lowest BCUT2D eigenvalue weighted by Gasteiger charge is -2.12. The predicted molar refractivity (Wildman–Crippen MR) is 103 cm³/mol. The van der Waals surface area contributed by atoms with Crippen molar-refractivity contribution in [2.45, 2.75) is 13.5 Å². The van der Waals surface area contributed by atoms with E-state index < -0.39 is 0 Å². The van der Waals surface area contributed by atoms with E-state index in [4.69, 9.17) is 4.74 Å². The highest BCUT2D eigenvalue weighted by molar-refractivity contribution is 5.94. The van der Waals surface area contributed by atoms with Crippen LogP contribution in [0.25, 0.3) is 0 Å². The van der Waals surface area contributed by atoms with Gasteiger partial charge in [-0.3, -0.25) is 4.79 Å². The van der Waals surface area contributed by atoms with Gasteiger partial charge in [0.25, 0.3) is 5.91 Å². The van der Waals surface area contributed by atoms with Crippen LogP contribution in [-0.2, 0) is 6.54 Å². The molecular formula is C21H20FN3O2. The number of aromatic nitrogens is 1. The number of benzene rings is 2. The molecular weight excluding hydrogens is 345 g/mol. The summed E-state index contributed by atoms with van der Waals surface area (Å²) in [6, 6.07) is 15.5. The number of nitrogens with one attached hydrogen (secondary N) is 2. The number of carbonyl (C=O) groups is 1. The number of halogens is 1. The van der Waals surface area contributed by atoms with E-state index in [1.54, 1.807) is 37.4 Å². The molecule has 27 heavy (non-hydrogen) atoms. The second-order valence-corrected chi connectivity index (χ2v) is 6.03. The number of amides is 1. The van der Waals surface area contributed by atoms with Gasteiger partial charge in [-0.1, -0.05) is 24.3 Å². The molecule has 0 aliphatic rings. The second-order valence-electron chi connectivity index (χ2n) is 6.03. The lowest BCUT2D eigenvalue weighted by Crippen LogP contribution is -2.23. The molecule has 0 aliphatic carbocycles. The van der Waals surface area contributed by atoms with Crippen molar-refractivity contribution in [2.24, 2.45) is 0 Å². The van der Waals surface area contributed by atoms with Crippen LogP contribution in [0, 0.1) is 12.7 Å². The van der Waals surface area contributed by atoms with Crippen molar-refractivity contribution in [3.8, 4) is 5.75 Å². The summed E-state index contributed by atoms with van der Waals surface area (Å²) in [5.74, 6) is 0.631. The molecule has 3 rings (SSSR count). The largest absolute Gasteiger partial charge is 0.495 e. The SMILES string of the molecule is COc1ccc(C)cc1Nc1ccc(C(=O)NCc2ccccc2F)cn1. The van der Waals surface area contributed by atoms with E-state index in [9.17, 15) is 9.18 Å². The molecule has 0 unspecified atom stereocenters. The molecule has 6 heteroatoms. The number of carbonyl (C=O) groups excluding carboxylic acids is 1. The second kappa shape index (κ2) is 8.31. The van der Waals surface area contributed by atoms with Crippen molar-refractivity contribution in [1.29, 1.82) is 0 Å². The van der Waals surface area contributed by atoms with Gasteiger partial charge < -0.3 is 15.4 Å². The van der Waals surface area contributed by atoms with Crippen LogP contribution >= 0.6 is 0 Å². The van der Waals surface area contributed by atoms with Gasteiger partial charge >= 0.3 is 0 Å². The standard InChI is InChI=1S/C21H20FN3O2/c1-14-7-9-19(27-2)18(11-14)25-20-10-8-16(13-23-20)21(26)24-12-15-5-3-4-6-17(15)22/h3-11,13H,12H2,1-2H3,(H,23,25)(H,24,26). The van der Waals surface area contributed by atoms with Crippen LogP contribution in [-0.4, -0.2) is 18.0 Å².